The van der Waals surface area contributed by atoms with E-state index in [4.69, 9.17) is 4.74 Å². The summed E-state index contributed by atoms with van der Waals surface area (Å²) >= 11 is 0. The molecular weight excluding hydrogens is 332 g/mol. The maximum Gasteiger partial charge on any atom is 0.408 e. The van der Waals surface area contributed by atoms with E-state index >= 15 is 0 Å². The molecule has 0 aromatic heterocycles. The number of carbonyl (C=O) groups excluding carboxylic acids is 3. The van der Waals surface area contributed by atoms with E-state index in [0.29, 0.717) is 19.1 Å². The Hall–Kier alpha value is -2.37. The highest BCUT2D eigenvalue weighted by atomic mass is 16.6. The van der Waals surface area contributed by atoms with Crippen LogP contribution in [-0.2, 0) is 20.7 Å². The summed E-state index contributed by atoms with van der Waals surface area (Å²) in [5.74, 6) is -0.206. The highest BCUT2D eigenvalue weighted by molar-refractivity contribution is 5.87. The van der Waals surface area contributed by atoms with Crippen molar-refractivity contribution < 1.29 is 19.1 Å². The Balaban J connectivity index is 2.74. The molecule has 0 saturated carbocycles. The third-order valence-electron chi connectivity index (χ3n) is 3.50. The Labute approximate surface area is 155 Å². The van der Waals surface area contributed by atoms with E-state index in [1.165, 1.54) is 0 Å². The molecule has 0 aliphatic heterocycles. The van der Waals surface area contributed by atoms with Gasteiger partial charge in [-0.1, -0.05) is 44.2 Å². The molecule has 2 N–H and O–H groups in total. The first-order valence-corrected chi connectivity index (χ1v) is 8.90. The average molecular weight is 362 g/mol. The predicted octanol–water partition coefficient (Wildman–Crippen LogP) is 2.85. The predicted molar refractivity (Wildman–Crippen MR) is 101 cm³/mol. The number of nitrogens with one attached hydrogen (secondary N) is 2. The Kier molecular flexibility index (Phi) is 8.29. The van der Waals surface area contributed by atoms with Crippen LogP contribution in [0, 0.1) is 5.92 Å². The Bertz CT molecular complexity index is 594. The number of amides is 2. The van der Waals surface area contributed by atoms with Crippen LogP contribution in [-0.4, -0.2) is 36.0 Å². The molecule has 0 spiro atoms. The van der Waals surface area contributed by atoms with E-state index < -0.39 is 29.7 Å². The minimum absolute atomic E-state index is 0.185. The SMILES string of the molecule is CC(C)CC(NC(=O)OC(C)(C)C)C(=O)NC(C=O)Cc1ccccc1. The molecule has 6 nitrogen and oxygen atoms in total. The van der Waals surface area contributed by atoms with Gasteiger partial charge in [-0.3, -0.25) is 4.79 Å². The molecule has 144 valence electrons. The Morgan fingerprint density at radius 3 is 2.23 bits per heavy atom. The summed E-state index contributed by atoms with van der Waals surface area (Å²) in [6, 6.07) is 8.03. The van der Waals surface area contributed by atoms with Gasteiger partial charge in [0.05, 0.1) is 6.04 Å². The molecule has 2 amide bonds. The molecule has 0 bridgehead atoms. The van der Waals surface area contributed by atoms with Crippen LogP contribution < -0.4 is 10.6 Å². The second-order valence-corrected chi connectivity index (χ2v) is 7.77. The van der Waals surface area contributed by atoms with E-state index in [-0.39, 0.29) is 5.92 Å². The summed E-state index contributed by atoms with van der Waals surface area (Å²) < 4.78 is 5.23. The van der Waals surface area contributed by atoms with Crippen molar-refractivity contribution in [3.05, 3.63) is 35.9 Å². The number of benzene rings is 1. The van der Waals surface area contributed by atoms with E-state index in [1.54, 1.807) is 20.8 Å². The van der Waals surface area contributed by atoms with Gasteiger partial charge >= 0.3 is 6.09 Å². The van der Waals surface area contributed by atoms with Gasteiger partial charge in [0.15, 0.2) is 0 Å². The van der Waals surface area contributed by atoms with Crippen molar-refractivity contribution in [2.45, 2.75) is 65.1 Å². The second-order valence-electron chi connectivity index (χ2n) is 7.77. The molecular formula is C20H30N2O4. The highest BCUT2D eigenvalue weighted by Crippen LogP contribution is 2.10. The maximum atomic E-state index is 12.6. The lowest BCUT2D eigenvalue weighted by Crippen LogP contribution is -2.51. The van der Waals surface area contributed by atoms with E-state index in [9.17, 15) is 14.4 Å². The van der Waals surface area contributed by atoms with Crippen LogP contribution >= 0.6 is 0 Å². The first-order chi connectivity index (χ1) is 12.1. The Morgan fingerprint density at radius 2 is 1.73 bits per heavy atom. The maximum absolute atomic E-state index is 12.6. The molecule has 1 aromatic carbocycles. The summed E-state index contributed by atoms with van der Waals surface area (Å²) in [4.78, 5) is 36.0. The number of rotatable bonds is 8. The van der Waals surface area contributed by atoms with Crippen LogP contribution in [0.3, 0.4) is 0 Å². The third kappa shape index (κ3) is 8.65. The fourth-order valence-electron chi connectivity index (χ4n) is 2.44. The summed E-state index contributed by atoms with van der Waals surface area (Å²) in [5.41, 5.74) is 0.298. The number of carbonyl (C=O) groups is 3. The highest BCUT2D eigenvalue weighted by Gasteiger charge is 2.26. The van der Waals surface area contributed by atoms with Gasteiger partial charge in [0.1, 0.15) is 17.9 Å². The normalized spacial score (nSPS) is 13.6. The molecule has 0 radical (unpaired) electrons. The molecule has 6 heteroatoms. The zero-order valence-electron chi connectivity index (χ0n) is 16.2. The Morgan fingerprint density at radius 1 is 1.12 bits per heavy atom. The quantitative estimate of drug-likeness (QED) is 0.697. The molecule has 1 aromatic rings. The summed E-state index contributed by atoms with van der Waals surface area (Å²) in [6.45, 7) is 9.18. The fraction of sp³-hybridized carbons (Fsp3) is 0.550. The molecule has 0 aliphatic rings. The molecule has 2 atom stereocenters. The van der Waals surface area contributed by atoms with Crippen LogP contribution in [0.5, 0.6) is 0 Å². The smallest absolute Gasteiger partial charge is 0.408 e. The number of hydrogen-bond donors (Lipinski definition) is 2. The van der Waals surface area contributed by atoms with Crippen LogP contribution in [0.25, 0.3) is 0 Å². The first kappa shape index (κ1) is 21.7. The molecule has 1 rings (SSSR count). The van der Waals surface area contributed by atoms with Gasteiger partial charge in [-0.25, -0.2) is 4.79 Å². The van der Waals surface area contributed by atoms with Crippen molar-refractivity contribution in [3.63, 3.8) is 0 Å². The number of alkyl carbamates (subject to hydrolysis) is 1. The van der Waals surface area contributed by atoms with Crippen LogP contribution in [0.2, 0.25) is 0 Å². The molecule has 0 fully saturated rings. The van der Waals surface area contributed by atoms with Gasteiger partial charge in [0, 0.05) is 0 Å². The number of hydrogen-bond acceptors (Lipinski definition) is 4. The molecule has 0 heterocycles. The molecule has 0 aliphatic carbocycles. The van der Waals surface area contributed by atoms with Crippen molar-refractivity contribution in [1.82, 2.24) is 10.6 Å². The minimum Gasteiger partial charge on any atom is -0.444 e. The first-order valence-electron chi connectivity index (χ1n) is 8.90. The zero-order chi connectivity index (χ0) is 19.7. The van der Waals surface area contributed by atoms with Crippen molar-refractivity contribution in [3.8, 4) is 0 Å². The molecule has 26 heavy (non-hydrogen) atoms. The van der Waals surface area contributed by atoms with Crippen molar-refractivity contribution in [2.24, 2.45) is 5.92 Å². The summed E-state index contributed by atoms with van der Waals surface area (Å²) in [7, 11) is 0. The van der Waals surface area contributed by atoms with E-state index in [1.807, 2.05) is 44.2 Å². The fourth-order valence-corrected chi connectivity index (χ4v) is 2.44. The van der Waals surface area contributed by atoms with Crippen LogP contribution in [0.15, 0.2) is 30.3 Å². The van der Waals surface area contributed by atoms with Gasteiger partial charge in [0.25, 0.3) is 0 Å². The van der Waals surface area contributed by atoms with Gasteiger partial charge in [0.2, 0.25) is 5.91 Å². The van der Waals surface area contributed by atoms with Gasteiger partial charge in [-0.15, -0.1) is 0 Å². The standard InChI is InChI=1S/C20H30N2O4/c1-14(2)11-17(22-19(25)26-20(3,4)5)18(24)21-16(13-23)12-15-9-7-6-8-10-15/h6-10,13-14,16-17H,11-12H2,1-5H3,(H,21,24)(H,22,25). The third-order valence-corrected chi connectivity index (χ3v) is 3.50. The van der Waals surface area contributed by atoms with Crippen LogP contribution in [0.4, 0.5) is 4.79 Å². The minimum atomic E-state index is -0.761. The number of aldehydes is 1. The van der Waals surface area contributed by atoms with E-state index in [2.05, 4.69) is 10.6 Å². The average Bonchev–Trinajstić information content (AvgIpc) is 2.52. The monoisotopic (exact) mass is 362 g/mol. The second kappa shape index (κ2) is 9.94. The summed E-state index contributed by atoms with van der Waals surface area (Å²) in [6.07, 6.45) is 0.910. The lowest BCUT2D eigenvalue weighted by molar-refractivity contribution is -0.126. The lowest BCUT2D eigenvalue weighted by atomic mass is 10.0. The van der Waals surface area contributed by atoms with Gasteiger partial charge in [-0.05, 0) is 45.1 Å². The molecule has 2 unspecified atom stereocenters. The van der Waals surface area contributed by atoms with Crippen molar-refractivity contribution >= 4 is 18.3 Å². The number of ether oxygens (including phenoxy) is 1. The van der Waals surface area contributed by atoms with Crippen molar-refractivity contribution in [1.29, 1.82) is 0 Å². The van der Waals surface area contributed by atoms with Gasteiger partial charge in [-0.2, -0.15) is 0 Å². The van der Waals surface area contributed by atoms with Crippen LogP contribution in [0.1, 0.15) is 46.6 Å². The van der Waals surface area contributed by atoms with E-state index in [0.717, 1.165) is 5.56 Å². The van der Waals surface area contributed by atoms with Gasteiger partial charge < -0.3 is 20.2 Å². The van der Waals surface area contributed by atoms with Crippen molar-refractivity contribution in [2.75, 3.05) is 0 Å². The lowest BCUT2D eigenvalue weighted by Gasteiger charge is -2.25. The largest absolute Gasteiger partial charge is 0.444 e. The molecule has 0 saturated heterocycles. The zero-order valence-corrected chi connectivity index (χ0v) is 16.2. The topological polar surface area (TPSA) is 84.5 Å². The summed E-state index contributed by atoms with van der Waals surface area (Å²) in [5, 5.41) is 5.32.